The summed E-state index contributed by atoms with van der Waals surface area (Å²) in [5, 5.41) is 11.9. The summed E-state index contributed by atoms with van der Waals surface area (Å²) in [6.07, 6.45) is 2.58. The molecule has 2 unspecified atom stereocenters. The summed E-state index contributed by atoms with van der Waals surface area (Å²) in [5.41, 5.74) is 0.642. The maximum atomic E-state index is 12.3. The summed E-state index contributed by atoms with van der Waals surface area (Å²) in [5.74, 6) is -0.944. The van der Waals surface area contributed by atoms with Crippen molar-refractivity contribution in [2.45, 2.75) is 25.7 Å². The van der Waals surface area contributed by atoms with Crippen molar-refractivity contribution in [2.24, 2.45) is 11.8 Å². The van der Waals surface area contributed by atoms with E-state index in [0.29, 0.717) is 24.3 Å². The summed E-state index contributed by atoms with van der Waals surface area (Å²) in [6, 6.07) is 5.33. The highest BCUT2D eigenvalue weighted by Crippen LogP contribution is 2.31. The van der Waals surface area contributed by atoms with Crippen molar-refractivity contribution >= 4 is 33.5 Å². The van der Waals surface area contributed by atoms with Gasteiger partial charge in [0.1, 0.15) is 5.75 Å². The molecular formula is C15H18BrNO4. The first-order valence-electron chi connectivity index (χ1n) is 6.88. The van der Waals surface area contributed by atoms with E-state index in [1.807, 2.05) is 0 Å². The minimum absolute atomic E-state index is 0.124. The second kappa shape index (κ2) is 6.93. The van der Waals surface area contributed by atoms with E-state index in [1.165, 1.54) is 0 Å². The molecule has 1 saturated carbocycles. The van der Waals surface area contributed by atoms with E-state index in [2.05, 4.69) is 21.2 Å². The predicted molar refractivity (Wildman–Crippen MR) is 82.4 cm³/mol. The molecule has 2 atom stereocenters. The summed E-state index contributed by atoms with van der Waals surface area (Å²) >= 11 is 3.36. The standard InChI is InChI=1S/C15H18BrNO4/c1-21-13-7-11(16)6-12(8-13)17-14(18)9-3-2-4-10(5-9)15(19)20/h6-10H,2-5H2,1H3,(H,17,18)(H,19,20). The van der Waals surface area contributed by atoms with Crippen molar-refractivity contribution in [3.63, 3.8) is 0 Å². The average Bonchev–Trinajstić information content (AvgIpc) is 2.46. The molecule has 1 aliphatic carbocycles. The number of carbonyl (C=O) groups excluding carboxylic acids is 1. The number of carbonyl (C=O) groups is 2. The number of carboxylic acid groups (broad SMARTS) is 1. The molecule has 0 aliphatic heterocycles. The van der Waals surface area contributed by atoms with E-state index in [4.69, 9.17) is 9.84 Å². The Kier molecular flexibility index (Phi) is 5.22. The molecule has 1 aromatic carbocycles. The van der Waals surface area contributed by atoms with E-state index in [9.17, 15) is 9.59 Å². The molecule has 0 aromatic heterocycles. The van der Waals surface area contributed by atoms with Crippen molar-refractivity contribution in [3.05, 3.63) is 22.7 Å². The Labute approximate surface area is 131 Å². The van der Waals surface area contributed by atoms with E-state index in [-0.39, 0.29) is 11.8 Å². The van der Waals surface area contributed by atoms with Crippen molar-refractivity contribution in [1.82, 2.24) is 0 Å². The fraction of sp³-hybridized carbons (Fsp3) is 0.467. The molecule has 1 fully saturated rings. The molecule has 0 bridgehead atoms. The molecule has 114 valence electrons. The second-order valence-electron chi connectivity index (χ2n) is 5.27. The Morgan fingerprint density at radius 1 is 1.29 bits per heavy atom. The molecule has 0 heterocycles. The number of hydrogen-bond donors (Lipinski definition) is 2. The predicted octanol–water partition coefficient (Wildman–Crippen LogP) is 3.29. The van der Waals surface area contributed by atoms with Gasteiger partial charge in [0.15, 0.2) is 0 Å². The van der Waals surface area contributed by atoms with Gasteiger partial charge < -0.3 is 15.2 Å². The molecule has 0 radical (unpaired) electrons. The van der Waals surface area contributed by atoms with E-state index in [1.54, 1.807) is 25.3 Å². The average molecular weight is 356 g/mol. The fourth-order valence-corrected chi connectivity index (χ4v) is 3.12. The first kappa shape index (κ1) is 15.8. The van der Waals surface area contributed by atoms with Crippen LogP contribution in [0.3, 0.4) is 0 Å². The van der Waals surface area contributed by atoms with Crippen molar-refractivity contribution in [2.75, 3.05) is 12.4 Å². The van der Waals surface area contributed by atoms with Crippen LogP contribution >= 0.6 is 15.9 Å². The molecule has 5 nitrogen and oxygen atoms in total. The van der Waals surface area contributed by atoms with E-state index < -0.39 is 11.9 Å². The summed E-state index contributed by atoms with van der Waals surface area (Å²) in [4.78, 5) is 23.3. The zero-order valence-corrected chi connectivity index (χ0v) is 13.4. The maximum absolute atomic E-state index is 12.3. The molecule has 1 amide bonds. The third-order valence-corrected chi connectivity index (χ3v) is 4.23. The third-order valence-electron chi connectivity index (χ3n) is 3.77. The number of hydrogen-bond acceptors (Lipinski definition) is 3. The van der Waals surface area contributed by atoms with Gasteiger partial charge in [0.2, 0.25) is 5.91 Å². The van der Waals surface area contributed by atoms with Gasteiger partial charge >= 0.3 is 5.97 Å². The van der Waals surface area contributed by atoms with Crippen LogP contribution in [-0.2, 0) is 9.59 Å². The third kappa shape index (κ3) is 4.20. The van der Waals surface area contributed by atoms with Crippen molar-refractivity contribution < 1.29 is 19.4 Å². The fourth-order valence-electron chi connectivity index (χ4n) is 2.65. The van der Waals surface area contributed by atoms with Crippen LogP contribution in [0.4, 0.5) is 5.69 Å². The number of benzene rings is 1. The monoisotopic (exact) mass is 355 g/mol. The lowest BCUT2D eigenvalue weighted by Crippen LogP contribution is -2.30. The molecule has 21 heavy (non-hydrogen) atoms. The first-order chi connectivity index (χ1) is 9.99. The smallest absolute Gasteiger partial charge is 0.306 e. The topological polar surface area (TPSA) is 75.6 Å². The number of carboxylic acids is 1. The van der Waals surface area contributed by atoms with Gasteiger partial charge in [-0.05, 0) is 31.4 Å². The molecule has 1 aliphatic rings. The number of aliphatic carboxylic acids is 1. The Balaban J connectivity index is 2.04. The number of anilines is 1. The molecule has 2 N–H and O–H groups in total. The van der Waals surface area contributed by atoms with Crippen molar-refractivity contribution in [1.29, 1.82) is 0 Å². The van der Waals surface area contributed by atoms with Gasteiger partial charge in [-0.15, -0.1) is 0 Å². The molecule has 2 rings (SSSR count). The van der Waals surface area contributed by atoms with Crippen LogP contribution in [0.1, 0.15) is 25.7 Å². The molecule has 0 saturated heterocycles. The van der Waals surface area contributed by atoms with Crippen LogP contribution in [0.15, 0.2) is 22.7 Å². The van der Waals surface area contributed by atoms with Crippen LogP contribution in [0.25, 0.3) is 0 Å². The first-order valence-corrected chi connectivity index (χ1v) is 7.67. The maximum Gasteiger partial charge on any atom is 0.306 e. The van der Waals surface area contributed by atoms with Crippen molar-refractivity contribution in [3.8, 4) is 5.75 Å². The summed E-state index contributed by atoms with van der Waals surface area (Å²) in [6.45, 7) is 0. The molecular weight excluding hydrogens is 338 g/mol. The van der Waals surface area contributed by atoms with E-state index in [0.717, 1.165) is 17.3 Å². The van der Waals surface area contributed by atoms with Gasteiger partial charge in [-0.2, -0.15) is 0 Å². The Morgan fingerprint density at radius 3 is 2.67 bits per heavy atom. The zero-order chi connectivity index (χ0) is 15.4. The van der Waals surface area contributed by atoms with Gasteiger partial charge in [-0.25, -0.2) is 0 Å². The number of methoxy groups -OCH3 is 1. The number of amides is 1. The minimum atomic E-state index is -0.809. The van der Waals surface area contributed by atoms with Gasteiger partial charge in [-0.3, -0.25) is 9.59 Å². The Bertz CT molecular complexity index is 546. The largest absolute Gasteiger partial charge is 0.497 e. The number of rotatable bonds is 4. The highest BCUT2D eigenvalue weighted by atomic mass is 79.9. The minimum Gasteiger partial charge on any atom is -0.497 e. The number of halogens is 1. The van der Waals surface area contributed by atoms with Crippen LogP contribution in [0.5, 0.6) is 5.75 Å². The number of nitrogens with one attached hydrogen (secondary N) is 1. The van der Waals surface area contributed by atoms with E-state index >= 15 is 0 Å². The van der Waals surface area contributed by atoms with Gasteiger partial charge in [0, 0.05) is 22.1 Å². The molecule has 0 spiro atoms. The highest BCUT2D eigenvalue weighted by Gasteiger charge is 2.31. The zero-order valence-electron chi connectivity index (χ0n) is 11.8. The molecule has 1 aromatic rings. The van der Waals surface area contributed by atoms with Gasteiger partial charge in [0.25, 0.3) is 0 Å². The van der Waals surface area contributed by atoms with Gasteiger partial charge in [0.05, 0.1) is 13.0 Å². The lowest BCUT2D eigenvalue weighted by molar-refractivity contribution is -0.143. The summed E-state index contributed by atoms with van der Waals surface area (Å²) < 4.78 is 5.96. The lowest BCUT2D eigenvalue weighted by atomic mass is 9.81. The normalized spacial score (nSPS) is 21.6. The lowest BCUT2D eigenvalue weighted by Gasteiger charge is -2.25. The quantitative estimate of drug-likeness (QED) is 0.868. The van der Waals surface area contributed by atoms with Crippen LogP contribution in [-0.4, -0.2) is 24.1 Å². The molecule has 6 heteroatoms. The summed E-state index contributed by atoms with van der Waals surface area (Å²) in [7, 11) is 1.56. The van der Waals surface area contributed by atoms with Gasteiger partial charge in [-0.1, -0.05) is 22.4 Å². The van der Waals surface area contributed by atoms with Crippen LogP contribution in [0.2, 0.25) is 0 Å². The SMILES string of the molecule is COc1cc(Br)cc(NC(=O)C2CCCC(C(=O)O)C2)c1. The Hall–Kier alpha value is -1.56. The van der Waals surface area contributed by atoms with Crippen LogP contribution in [0, 0.1) is 11.8 Å². The Morgan fingerprint density at radius 2 is 2.00 bits per heavy atom. The van der Waals surface area contributed by atoms with Crippen LogP contribution < -0.4 is 10.1 Å². The highest BCUT2D eigenvalue weighted by molar-refractivity contribution is 9.10. The number of ether oxygens (including phenoxy) is 1. The second-order valence-corrected chi connectivity index (χ2v) is 6.18.